The number of ketones is 4. The van der Waals surface area contributed by atoms with Gasteiger partial charge in [0, 0.05) is 40.4 Å². The van der Waals surface area contributed by atoms with Crippen molar-refractivity contribution in [3.63, 3.8) is 0 Å². The number of carbonyl (C=O) groups is 4. The van der Waals surface area contributed by atoms with Gasteiger partial charge in [0.05, 0.1) is 61.8 Å². The second-order valence-electron chi connectivity index (χ2n) is 15.4. The van der Waals surface area contributed by atoms with Gasteiger partial charge in [0.1, 0.15) is 62.4 Å². The van der Waals surface area contributed by atoms with Crippen LogP contribution < -0.4 is 48.5 Å². The first-order valence-electron chi connectivity index (χ1n) is 21.8. The van der Waals surface area contributed by atoms with Crippen molar-refractivity contribution in [2.45, 2.75) is 4.90 Å². The molecule has 0 aliphatic rings. The molecule has 0 fully saturated rings. The molecule has 7 N–H and O–H groups in total. The van der Waals surface area contributed by atoms with Crippen LogP contribution in [-0.2, 0) is 10.1 Å². The average molecular weight is 1080 g/mol. The van der Waals surface area contributed by atoms with E-state index in [0.29, 0.717) is 27.8 Å². The second kappa shape index (κ2) is 27.8. The number of benzene rings is 8. The maximum Gasteiger partial charge on any atom is 1.00 e. The smallest absolute Gasteiger partial charge is 1.00 e. The Balaban J connectivity index is 0.000000269. The van der Waals surface area contributed by atoms with Crippen molar-refractivity contribution in [2.75, 3.05) is 28.4 Å². The van der Waals surface area contributed by atoms with Crippen molar-refractivity contribution in [3.8, 4) is 57.5 Å². The maximum atomic E-state index is 12.3. The molecule has 0 aromatic heterocycles. The molecule has 0 radical (unpaired) electrons. The summed E-state index contributed by atoms with van der Waals surface area (Å²) in [6.45, 7) is 0. The van der Waals surface area contributed by atoms with Crippen LogP contribution in [0.3, 0.4) is 0 Å². The normalized spacial score (nSPS) is 10.2. The fourth-order valence-corrected chi connectivity index (χ4v) is 7.55. The van der Waals surface area contributed by atoms with E-state index in [1.54, 1.807) is 78.9 Å². The van der Waals surface area contributed by atoms with E-state index in [4.69, 9.17) is 35.1 Å². The summed E-state index contributed by atoms with van der Waals surface area (Å²) in [7, 11) is 0.993. The van der Waals surface area contributed by atoms with E-state index >= 15 is 0 Å². The molecular formula is C56H48ClNaO17S. The van der Waals surface area contributed by atoms with Gasteiger partial charge >= 0.3 is 29.6 Å². The van der Waals surface area contributed by atoms with E-state index in [2.05, 4.69) is 0 Å². The predicted molar refractivity (Wildman–Crippen MR) is 277 cm³/mol. The maximum absolute atomic E-state index is 12.3. The molecular weight excluding hydrogens is 1040 g/mol. The van der Waals surface area contributed by atoms with Crippen molar-refractivity contribution >= 4 is 44.9 Å². The number of ether oxygens (including phenoxy) is 4. The van der Waals surface area contributed by atoms with E-state index in [1.165, 1.54) is 101 Å². The molecule has 0 unspecified atom stereocenters. The van der Waals surface area contributed by atoms with Crippen LogP contribution >= 0.6 is 11.6 Å². The standard InChI is InChI=1S/C15H14O5.C14H12O6S.C14H12O4.C13H9ClO2.Na.H/c1-19-9-3-5-11(13(16)7-9)15(18)12-6-4-10(20-2)8-14(12)17;1-20-12-8-11(15)10(7-13(12)21(17,18)19)14(16)9-5-3-2-4-6-9;1-18-9-6-7-11(13(16)8-9)14(17)10-4-2-3-5-12(10)15;14-10-6-7-12(15)11(8-10)13(16)9-4-2-1-3-5-9;;/h3-8,16-17H,1-2H3;2-8,15H,1H3,(H,17,18,19);2-8,15-16H,1H3;1-8,15H;;/q;;;;+1;-1. The molecule has 0 bridgehead atoms. The molecule has 0 saturated carbocycles. The summed E-state index contributed by atoms with van der Waals surface area (Å²) in [6, 6.07) is 42.4. The Labute approximate surface area is 464 Å². The van der Waals surface area contributed by atoms with Crippen LogP contribution in [0.4, 0.5) is 0 Å². The minimum absolute atomic E-state index is 0. The molecule has 0 saturated heterocycles. The first-order valence-corrected chi connectivity index (χ1v) is 23.6. The summed E-state index contributed by atoms with van der Waals surface area (Å²) < 4.78 is 51.4. The largest absolute Gasteiger partial charge is 1.00 e. The van der Waals surface area contributed by atoms with Gasteiger partial charge in [-0.2, -0.15) is 8.42 Å². The number of hydrogen-bond acceptors (Lipinski definition) is 16. The predicted octanol–water partition coefficient (Wildman–Crippen LogP) is 6.96. The van der Waals surface area contributed by atoms with Gasteiger partial charge in [0.25, 0.3) is 10.1 Å². The first-order chi connectivity index (χ1) is 35.7. The molecule has 8 aromatic carbocycles. The molecule has 20 heteroatoms. The molecule has 0 heterocycles. The summed E-state index contributed by atoms with van der Waals surface area (Å²) >= 11 is 5.79. The minimum atomic E-state index is -4.59. The Morgan fingerprint density at radius 3 is 1.12 bits per heavy atom. The first kappa shape index (κ1) is 60.2. The number of carbonyl (C=O) groups excluding carboxylic acids is 4. The number of rotatable bonds is 13. The monoisotopic (exact) mass is 1080 g/mol. The number of aromatic hydroxyl groups is 6. The van der Waals surface area contributed by atoms with Gasteiger partial charge < -0.3 is 51.0 Å². The fraction of sp³-hybridized carbons (Fsp3) is 0.0714. The van der Waals surface area contributed by atoms with E-state index in [-0.39, 0.29) is 110 Å². The zero-order valence-electron chi connectivity index (χ0n) is 42.2. The quantitative estimate of drug-likeness (QED) is 0.0349. The molecule has 76 heavy (non-hydrogen) atoms. The SMILES string of the molecule is COc1cc(O)c(C(=O)c2ccccc2)cc1S(=O)(=O)O.COc1ccc(C(=O)c2ccc(OC)cc2O)c(O)c1.COc1ccc(C(=O)c2ccccc2O)c(O)c1.O=C(c1ccccc1)c1cc(Cl)ccc1O.[H-].[Na+]. The molecule has 0 aliphatic heterocycles. The molecule has 17 nitrogen and oxygen atoms in total. The third kappa shape index (κ3) is 15.6. The van der Waals surface area contributed by atoms with Crippen LogP contribution in [-0.4, -0.2) is 95.2 Å². The van der Waals surface area contributed by atoms with Crippen LogP contribution in [0.15, 0.2) is 175 Å². The number of hydrogen-bond donors (Lipinski definition) is 7. The van der Waals surface area contributed by atoms with E-state index < -0.39 is 38.1 Å². The molecule has 0 amide bonds. The summed E-state index contributed by atoms with van der Waals surface area (Å²) in [5, 5.41) is 58.9. The summed E-state index contributed by atoms with van der Waals surface area (Å²) in [5.74, 6) is -1.82. The number of halogens is 1. The topological polar surface area (TPSA) is 281 Å². The summed E-state index contributed by atoms with van der Waals surface area (Å²) in [4.78, 5) is 48.1. The molecule has 0 atom stereocenters. The molecule has 0 aliphatic carbocycles. The number of phenolic OH excluding ortho intramolecular Hbond substituents is 6. The Morgan fingerprint density at radius 2 is 0.750 bits per heavy atom. The Kier molecular flexibility index (Phi) is 22.0. The van der Waals surface area contributed by atoms with Crippen molar-refractivity contribution in [1.29, 1.82) is 0 Å². The second-order valence-corrected chi connectivity index (χ2v) is 17.2. The van der Waals surface area contributed by atoms with Crippen LogP contribution in [0.1, 0.15) is 65.1 Å². The Bertz CT molecular complexity index is 3420. The van der Waals surface area contributed by atoms with Gasteiger partial charge in [-0.3, -0.25) is 23.7 Å². The van der Waals surface area contributed by atoms with Crippen molar-refractivity contribution in [1.82, 2.24) is 0 Å². The van der Waals surface area contributed by atoms with Crippen LogP contribution in [0.25, 0.3) is 0 Å². The zero-order valence-corrected chi connectivity index (χ0v) is 44.7. The average Bonchev–Trinajstić information content (AvgIpc) is 3.41. The van der Waals surface area contributed by atoms with E-state index in [1.807, 2.05) is 6.07 Å². The van der Waals surface area contributed by atoms with Gasteiger partial charge in [0.15, 0.2) is 23.1 Å². The van der Waals surface area contributed by atoms with Crippen LogP contribution in [0.2, 0.25) is 5.02 Å². The third-order valence-electron chi connectivity index (χ3n) is 10.6. The number of phenols is 6. The fourth-order valence-electron chi connectivity index (χ4n) is 6.72. The number of methoxy groups -OCH3 is 4. The van der Waals surface area contributed by atoms with Gasteiger partial charge in [0.2, 0.25) is 0 Å². The van der Waals surface area contributed by atoms with Crippen molar-refractivity contribution < 1.29 is 113 Å². The van der Waals surface area contributed by atoms with Crippen molar-refractivity contribution in [3.05, 3.63) is 219 Å². The summed E-state index contributed by atoms with van der Waals surface area (Å²) in [6.07, 6.45) is 0. The van der Waals surface area contributed by atoms with Crippen LogP contribution in [0.5, 0.6) is 57.5 Å². The molecule has 8 rings (SSSR count). The van der Waals surface area contributed by atoms with Gasteiger partial charge in [-0.25, -0.2) is 0 Å². The van der Waals surface area contributed by atoms with Gasteiger partial charge in [-0.15, -0.1) is 0 Å². The van der Waals surface area contributed by atoms with E-state index in [0.717, 1.165) is 12.1 Å². The zero-order chi connectivity index (χ0) is 55.0. The summed E-state index contributed by atoms with van der Waals surface area (Å²) in [5.41, 5.74) is 1.24. The Hall–Kier alpha value is -8.36. The third-order valence-corrected chi connectivity index (χ3v) is 11.7. The van der Waals surface area contributed by atoms with Gasteiger partial charge in [-0.1, -0.05) is 84.4 Å². The van der Waals surface area contributed by atoms with Gasteiger partial charge in [-0.05, 0) is 72.8 Å². The van der Waals surface area contributed by atoms with Crippen LogP contribution in [0, 0.1) is 0 Å². The van der Waals surface area contributed by atoms with Crippen molar-refractivity contribution in [2.24, 2.45) is 0 Å². The molecule has 0 spiro atoms. The molecule has 8 aromatic rings. The molecule has 388 valence electrons. The van der Waals surface area contributed by atoms with E-state index in [9.17, 15) is 58.2 Å². The minimum Gasteiger partial charge on any atom is -1.00 e. The Morgan fingerprint density at radius 1 is 0.395 bits per heavy atom. The number of para-hydroxylation sites is 1.